The molecular weight excluding hydrogens is 1200 g/mol. The summed E-state index contributed by atoms with van der Waals surface area (Å²) in [5, 5.41) is 0. The lowest BCUT2D eigenvalue weighted by Gasteiger charge is -2.40. The van der Waals surface area contributed by atoms with E-state index in [1.165, 1.54) is 109 Å². The largest absolute Gasteiger partial charge is 0.103 e. The summed E-state index contributed by atoms with van der Waals surface area (Å²) >= 11 is 0. The summed E-state index contributed by atoms with van der Waals surface area (Å²) in [6, 6.07) is 0. The van der Waals surface area contributed by atoms with E-state index in [1.807, 2.05) is 0 Å². The van der Waals surface area contributed by atoms with Crippen molar-refractivity contribution in [1.82, 2.24) is 0 Å². The first-order valence-electron chi connectivity index (χ1n) is 44.2. The first-order chi connectivity index (χ1) is 45.8. The highest BCUT2D eigenvalue weighted by Crippen LogP contribution is 2.48. The van der Waals surface area contributed by atoms with Crippen LogP contribution in [0.4, 0.5) is 0 Å². The van der Waals surface area contributed by atoms with Gasteiger partial charge in [0, 0.05) is 24.2 Å². The Labute approximate surface area is 642 Å². The van der Waals surface area contributed by atoms with E-state index in [4.69, 9.17) is 0 Å². The minimum atomic E-state index is 0.525. The van der Waals surface area contributed by atoms with Crippen LogP contribution in [0.3, 0.4) is 0 Å². The Kier molecular flexibility index (Phi) is 77.6. The Balaban J connectivity index is -0.000000191. The smallest absolute Gasteiger partial charge is 0.0146 e. The Hall–Kier alpha value is -1.40. The third-order valence-electron chi connectivity index (χ3n) is 20.2. The molecule has 0 heterocycles. The van der Waals surface area contributed by atoms with Gasteiger partial charge in [-0.1, -0.05) is 361 Å². The third-order valence-corrected chi connectivity index (χ3v) is 20.2. The second-order valence-electron chi connectivity index (χ2n) is 40.5. The molecule has 0 saturated heterocycles. The molecular formula is C100H202. The van der Waals surface area contributed by atoms with E-state index in [0.717, 1.165) is 148 Å². The topological polar surface area (TPSA) is 0 Å². The predicted molar refractivity (Wildman–Crippen MR) is 471 cm³/mol. The van der Waals surface area contributed by atoms with Gasteiger partial charge >= 0.3 is 0 Å². The van der Waals surface area contributed by atoms with Gasteiger partial charge in [0.2, 0.25) is 0 Å². The van der Waals surface area contributed by atoms with Crippen molar-refractivity contribution in [2.75, 3.05) is 0 Å². The number of hydrogen-bond acceptors (Lipinski definition) is 0. The molecule has 602 valence electrons. The monoisotopic (exact) mass is 1400 g/mol. The van der Waals surface area contributed by atoms with E-state index < -0.39 is 0 Å². The summed E-state index contributed by atoms with van der Waals surface area (Å²) in [6.45, 7) is 99.8. The van der Waals surface area contributed by atoms with Crippen LogP contribution in [0, 0.1) is 201 Å². The minimum absolute atomic E-state index is 0.525. The standard InChI is InChI=1S/C12H24.C11H22.C10H20.C9H18.C9H20.C9H18.C9H16.C8H18.C8H16.C8H14.C7H16/c1-9(2)11-5-7-12(8-6-11)10(3)4;1-8(2)10-5-6-11(7-10)9(3)4;1-7(2)9-5-10(6-9)8(3)4;1-6(2)8-5-9(8)7(3)4;3*1-8(2)6-5-7-9(3)4;3*1-7(2)5-6-8(3)4;1-6(2)5-7(3)4/h9-12H,5-8H2,1-4H3;8-11H,5-7H2,1-4H3;7-10H,5-6H2,1-4H3;6-9H,5H2,1-4H3;8-9H,5-7H2,1-4H3;5-6,8-9H,7H2,1-4H3;8-9H,6H2,1-4H3;7-8H,5-6H2,1-4H3;5-8H,1-4H3;7-8H,1-4H3;6-7H,5H2,1-4H3. The van der Waals surface area contributed by atoms with Crippen molar-refractivity contribution in [3.8, 4) is 23.7 Å². The maximum absolute atomic E-state index is 3.13. The molecule has 0 heteroatoms. The van der Waals surface area contributed by atoms with Gasteiger partial charge < -0.3 is 0 Å². The van der Waals surface area contributed by atoms with Crippen LogP contribution in [0.2, 0.25) is 0 Å². The SMILES string of the molecule is CC(C)C#CC(C)C.CC(C)C#CCC(C)C.CC(C)C1CC(C(C)C)C1.CC(C)C1CC1C(C)C.CC(C)C1CCC(C(C)C)C1.CC(C)C1CCC(C(C)C)CC1.CC(C)C=CC(C)C.CC(C)C=CCC(C)C.CC(C)CC(C)C.CC(C)CCC(C)C.CC(C)CCCC(C)C. The molecule has 0 spiro atoms. The van der Waals surface area contributed by atoms with E-state index in [-0.39, 0.29) is 0 Å². The van der Waals surface area contributed by atoms with Gasteiger partial charge in [0.1, 0.15) is 0 Å². The van der Waals surface area contributed by atoms with Crippen molar-refractivity contribution in [2.24, 2.45) is 178 Å². The predicted octanol–water partition coefficient (Wildman–Crippen LogP) is 34.4. The molecule has 4 unspecified atom stereocenters. The van der Waals surface area contributed by atoms with Crippen LogP contribution in [-0.4, -0.2) is 0 Å². The van der Waals surface area contributed by atoms with E-state index in [2.05, 4.69) is 353 Å². The van der Waals surface area contributed by atoms with E-state index in [9.17, 15) is 0 Å². The fourth-order valence-corrected chi connectivity index (χ4v) is 12.7. The highest BCUT2D eigenvalue weighted by atomic mass is 14.5. The van der Waals surface area contributed by atoms with Crippen LogP contribution in [0.1, 0.15) is 420 Å². The van der Waals surface area contributed by atoms with Crippen LogP contribution in [0.15, 0.2) is 24.3 Å². The van der Waals surface area contributed by atoms with Crippen molar-refractivity contribution >= 4 is 0 Å². The molecule has 0 amide bonds. The first kappa shape index (κ1) is 112. The van der Waals surface area contributed by atoms with E-state index >= 15 is 0 Å². The van der Waals surface area contributed by atoms with Crippen LogP contribution < -0.4 is 0 Å². The van der Waals surface area contributed by atoms with Gasteiger partial charge in [-0.15, -0.1) is 23.7 Å². The molecule has 100 heavy (non-hydrogen) atoms. The molecule has 4 aliphatic carbocycles. The summed E-state index contributed by atoms with van der Waals surface area (Å²) in [7, 11) is 0. The lowest BCUT2D eigenvalue weighted by Crippen LogP contribution is -2.30. The lowest BCUT2D eigenvalue weighted by atomic mass is 9.65. The van der Waals surface area contributed by atoms with Gasteiger partial charge in [-0.2, -0.15) is 0 Å². The zero-order valence-electron chi connectivity index (χ0n) is 78.4. The number of rotatable bonds is 23. The maximum atomic E-state index is 3.13. The van der Waals surface area contributed by atoms with Crippen LogP contribution in [0.25, 0.3) is 0 Å². The summed E-state index contributed by atoms with van der Waals surface area (Å²) < 4.78 is 0. The Morgan fingerprint density at radius 3 is 0.700 bits per heavy atom. The average Bonchev–Trinajstić information content (AvgIpc) is 1.77. The molecule has 0 aromatic rings. The first-order valence-corrected chi connectivity index (χ1v) is 44.2. The Bertz CT molecular complexity index is 1740. The molecule has 0 bridgehead atoms. The molecule has 4 atom stereocenters. The summed E-state index contributed by atoms with van der Waals surface area (Å²) in [6.07, 6.45) is 34.5. The van der Waals surface area contributed by atoms with E-state index in [0.29, 0.717) is 35.5 Å². The Morgan fingerprint density at radius 2 is 0.520 bits per heavy atom. The minimum Gasteiger partial charge on any atom is -0.103 e. The van der Waals surface area contributed by atoms with Crippen LogP contribution >= 0.6 is 0 Å². The van der Waals surface area contributed by atoms with Gasteiger partial charge in [-0.05, 0) is 237 Å². The second kappa shape index (κ2) is 69.3. The fourth-order valence-electron chi connectivity index (χ4n) is 12.7. The maximum Gasteiger partial charge on any atom is 0.0146 e. The second-order valence-corrected chi connectivity index (χ2v) is 40.5. The van der Waals surface area contributed by atoms with Gasteiger partial charge in [0.05, 0.1) is 0 Å². The van der Waals surface area contributed by atoms with Crippen molar-refractivity contribution in [3.63, 3.8) is 0 Å². The van der Waals surface area contributed by atoms with Gasteiger partial charge in [0.25, 0.3) is 0 Å². The van der Waals surface area contributed by atoms with Crippen molar-refractivity contribution in [1.29, 1.82) is 0 Å². The molecule has 4 saturated carbocycles. The highest BCUT2D eigenvalue weighted by molar-refractivity contribution is 5.03. The van der Waals surface area contributed by atoms with Gasteiger partial charge in [-0.25, -0.2) is 0 Å². The molecule has 4 aliphatic rings. The molecule has 4 rings (SSSR count). The molecule has 4 fully saturated rings. The zero-order chi connectivity index (χ0) is 79.7. The normalized spacial score (nSPS) is 20.1. The summed E-state index contributed by atoms with van der Waals surface area (Å²) in [4.78, 5) is 0. The molecule has 0 aliphatic heterocycles. The number of allylic oxidation sites excluding steroid dienone is 4. The Morgan fingerprint density at radius 1 is 0.250 bits per heavy atom. The quantitative estimate of drug-likeness (QED) is 0.0707. The van der Waals surface area contributed by atoms with Gasteiger partial charge in [0.15, 0.2) is 0 Å². The molecule has 0 nitrogen and oxygen atoms in total. The zero-order valence-corrected chi connectivity index (χ0v) is 78.4. The van der Waals surface area contributed by atoms with Crippen LogP contribution in [-0.2, 0) is 0 Å². The molecule has 0 N–H and O–H groups in total. The fraction of sp³-hybridized carbons (Fsp3) is 0.920. The van der Waals surface area contributed by atoms with Crippen molar-refractivity contribution in [2.45, 2.75) is 420 Å². The van der Waals surface area contributed by atoms with E-state index in [1.54, 1.807) is 0 Å². The van der Waals surface area contributed by atoms with Crippen LogP contribution in [0.5, 0.6) is 0 Å². The third kappa shape index (κ3) is 87.2. The molecule has 0 aromatic carbocycles. The lowest BCUT2D eigenvalue weighted by molar-refractivity contribution is 0.102. The summed E-state index contributed by atoms with van der Waals surface area (Å²) in [5.41, 5.74) is 0. The highest BCUT2D eigenvalue weighted by Gasteiger charge is 2.40. The van der Waals surface area contributed by atoms with Gasteiger partial charge in [-0.3, -0.25) is 0 Å². The molecule has 0 radical (unpaired) electrons. The number of hydrogen-bond donors (Lipinski definition) is 0. The summed E-state index contributed by atoms with van der Waals surface area (Å²) in [5.74, 6) is 38.7. The van der Waals surface area contributed by atoms with Crippen molar-refractivity contribution < 1.29 is 0 Å². The average molecular weight is 1400 g/mol. The van der Waals surface area contributed by atoms with Crippen molar-refractivity contribution in [3.05, 3.63) is 24.3 Å². The molecule has 0 aromatic heterocycles.